The summed E-state index contributed by atoms with van der Waals surface area (Å²) in [4.78, 5) is 29.9. The second-order valence-corrected chi connectivity index (χ2v) is 8.55. The normalized spacial score (nSPS) is 18.6. The maximum Gasteiger partial charge on any atom is 0.252 e. The zero-order valence-corrected chi connectivity index (χ0v) is 17.2. The van der Waals surface area contributed by atoms with Gasteiger partial charge in [0.1, 0.15) is 0 Å². The van der Waals surface area contributed by atoms with Crippen LogP contribution in [-0.4, -0.2) is 36.1 Å². The molecule has 154 valence electrons. The number of hydrogen-bond acceptors (Lipinski definition) is 4. The Morgan fingerprint density at radius 1 is 1.17 bits per heavy atom. The average Bonchev–Trinajstić information content (AvgIpc) is 3.52. The topological polar surface area (TPSA) is 94.3 Å². The number of nitrogens with one attached hydrogen (secondary N) is 1. The van der Waals surface area contributed by atoms with Crippen molar-refractivity contribution in [2.75, 3.05) is 13.2 Å². The van der Waals surface area contributed by atoms with E-state index in [1.807, 2.05) is 26.0 Å². The monoisotopic (exact) mass is 395 g/mol. The zero-order chi connectivity index (χ0) is 20.5. The summed E-state index contributed by atoms with van der Waals surface area (Å²) in [5.41, 5.74) is 10.2. The highest BCUT2D eigenvalue weighted by Crippen LogP contribution is 2.40. The number of nitrogens with two attached hydrogens (primary N) is 1. The van der Waals surface area contributed by atoms with E-state index in [2.05, 4.69) is 11.4 Å². The van der Waals surface area contributed by atoms with Crippen molar-refractivity contribution < 1.29 is 14.3 Å². The van der Waals surface area contributed by atoms with E-state index < -0.39 is 5.91 Å². The van der Waals surface area contributed by atoms with Gasteiger partial charge in [0.15, 0.2) is 0 Å². The van der Waals surface area contributed by atoms with Gasteiger partial charge in [-0.15, -0.1) is 0 Å². The van der Waals surface area contributed by atoms with Crippen LogP contribution in [-0.2, 0) is 9.53 Å². The third kappa shape index (κ3) is 4.42. The van der Waals surface area contributed by atoms with E-state index in [1.165, 1.54) is 0 Å². The molecule has 1 unspecified atom stereocenters. The summed E-state index contributed by atoms with van der Waals surface area (Å²) in [7, 11) is 0. The van der Waals surface area contributed by atoms with Crippen molar-refractivity contribution >= 4 is 22.7 Å². The van der Waals surface area contributed by atoms with Gasteiger partial charge in [-0.1, -0.05) is 11.6 Å². The molecule has 1 saturated carbocycles. The van der Waals surface area contributed by atoms with Crippen molar-refractivity contribution in [2.24, 2.45) is 11.7 Å². The van der Waals surface area contributed by atoms with Crippen LogP contribution in [0, 0.1) is 19.8 Å². The van der Waals surface area contributed by atoms with Crippen LogP contribution in [0.2, 0.25) is 0 Å². The molecule has 0 radical (unpaired) electrons. The molecule has 0 bridgehead atoms. The van der Waals surface area contributed by atoms with Gasteiger partial charge in [0, 0.05) is 42.7 Å². The van der Waals surface area contributed by atoms with Crippen molar-refractivity contribution in [3.05, 3.63) is 40.6 Å². The van der Waals surface area contributed by atoms with E-state index in [0.29, 0.717) is 24.7 Å². The molecule has 4 rings (SSSR count). The van der Waals surface area contributed by atoms with E-state index in [4.69, 9.17) is 15.5 Å². The summed E-state index contributed by atoms with van der Waals surface area (Å²) >= 11 is 0. The standard InChI is InChI=1S/C23H29N3O3/c1-13-9-14(2)22-17(10-13)18(11-19(25-22)15-3-4-15)23(28)26-20(12-21(24)27)16-5-7-29-8-6-16/h9-11,15-16,20H,3-8,12H2,1-2H3,(H2,24,27)(H,26,28). The summed E-state index contributed by atoms with van der Waals surface area (Å²) in [6.45, 7) is 5.37. The van der Waals surface area contributed by atoms with Gasteiger partial charge in [0.2, 0.25) is 5.91 Å². The lowest BCUT2D eigenvalue weighted by molar-refractivity contribution is -0.118. The molecule has 29 heavy (non-hydrogen) atoms. The lowest BCUT2D eigenvalue weighted by atomic mass is 9.89. The Kier molecular flexibility index (Phi) is 5.54. The van der Waals surface area contributed by atoms with Gasteiger partial charge in [-0.25, -0.2) is 0 Å². The Morgan fingerprint density at radius 3 is 2.55 bits per heavy atom. The van der Waals surface area contributed by atoms with Crippen molar-refractivity contribution in [3.8, 4) is 0 Å². The number of primary amides is 1. The molecule has 1 saturated heterocycles. The molecule has 2 fully saturated rings. The highest BCUT2D eigenvalue weighted by molar-refractivity contribution is 6.07. The minimum atomic E-state index is -0.397. The summed E-state index contributed by atoms with van der Waals surface area (Å²) in [5.74, 6) is 0.0945. The fraction of sp³-hybridized carbons (Fsp3) is 0.522. The molecule has 0 spiro atoms. The number of nitrogens with zero attached hydrogens (tertiary/aromatic N) is 1. The van der Waals surface area contributed by atoms with Crippen molar-refractivity contribution in [1.82, 2.24) is 10.3 Å². The van der Waals surface area contributed by atoms with E-state index >= 15 is 0 Å². The van der Waals surface area contributed by atoms with E-state index in [9.17, 15) is 9.59 Å². The zero-order valence-electron chi connectivity index (χ0n) is 17.2. The highest BCUT2D eigenvalue weighted by Gasteiger charge is 2.30. The molecule has 2 aromatic rings. The summed E-state index contributed by atoms with van der Waals surface area (Å²) in [6.07, 6.45) is 4.03. The van der Waals surface area contributed by atoms with Crippen molar-refractivity contribution in [1.29, 1.82) is 0 Å². The molecule has 3 N–H and O–H groups in total. The number of pyridine rings is 1. The fourth-order valence-corrected chi connectivity index (χ4v) is 4.39. The van der Waals surface area contributed by atoms with E-state index in [1.54, 1.807) is 0 Å². The third-order valence-corrected chi connectivity index (χ3v) is 6.08. The first kappa shape index (κ1) is 19.8. The van der Waals surface area contributed by atoms with Gasteiger partial charge in [-0.2, -0.15) is 0 Å². The Labute approximate surface area is 171 Å². The number of ether oxygens (including phenoxy) is 1. The number of amides is 2. The van der Waals surface area contributed by atoms with Gasteiger partial charge in [-0.05, 0) is 63.1 Å². The van der Waals surface area contributed by atoms with Gasteiger partial charge < -0.3 is 15.8 Å². The number of rotatable bonds is 6. The van der Waals surface area contributed by atoms with Crippen LogP contribution in [0.5, 0.6) is 0 Å². The summed E-state index contributed by atoms with van der Waals surface area (Å²) in [6, 6.07) is 5.80. The van der Waals surface area contributed by atoms with Crippen LogP contribution < -0.4 is 11.1 Å². The largest absolute Gasteiger partial charge is 0.381 e. The molecule has 1 atom stereocenters. The van der Waals surface area contributed by atoms with E-state index in [0.717, 1.165) is 53.4 Å². The number of aryl methyl sites for hydroxylation is 2. The first-order chi connectivity index (χ1) is 13.9. The van der Waals surface area contributed by atoms with Crippen LogP contribution in [0.1, 0.15) is 65.2 Å². The van der Waals surface area contributed by atoms with Crippen LogP contribution >= 0.6 is 0 Å². The maximum absolute atomic E-state index is 13.4. The Balaban J connectivity index is 1.69. The number of aromatic nitrogens is 1. The van der Waals surface area contributed by atoms with Gasteiger partial charge in [0.25, 0.3) is 5.91 Å². The minimum Gasteiger partial charge on any atom is -0.381 e. The predicted octanol–water partition coefficient (Wildman–Crippen LogP) is 3.13. The maximum atomic E-state index is 13.4. The molecule has 2 aliphatic rings. The molecular formula is C23H29N3O3. The molecule has 6 heteroatoms. The minimum absolute atomic E-state index is 0.146. The van der Waals surface area contributed by atoms with Crippen LogP contribution in [0.15, 0.2) is 18.2 Å². The van der Waals surface area contributed by atoms with E-state index in [-0.39, 0.29) is 24.3 Å². The first-order valence-electron chi connectivity index (χ1n) is 10.5. The number of carbonyl (C=O) groups excluding carboxylic acids is 2. The highest BCUT2D eigenvalue weighted by atomic mass is 16.5. The number of carbonyl (C=O) groups is 2. The second-order valence-electron chi connectivity index (χ2n) is 8.55. The average molecular weight is 396 g/mol. The van der Waals surface area contributed by atoms with Crippen LogP contribution in [0.4, 0.5) is 0 Å². The molecule has 2 amide bonds. The molecule has 1 aromatic carbocycles. The molecule has 1 aliphatic heterocycles. The molecular weight excluding hydrogens is 366 g/mol. The summed E-state index contributed by atoms with van der Waals surface area (Å²) in [5, 5.41) is 4.00. The number of hydrogen-bond donors (Lipinski definition) is 2. The number of benzene rings is 1. The molecule has 6 nitrogen and oxygen atoms in total. The Hall–Kier alpha value is -2.47. The van der Waals surface area contributed by atoms with Gasteiger partial charge in [-0.3, -0.25) is 14.6 Å². The first-order valence-corrected chi connectivity index (χ1v) is 10.5. The second kappa shape index (κ2) is 8.11. The SMILES string of the molecule is Cc1cc(C)c2nc(C3CC3)cc(C(=O)NC(CC(N)=O)C3CCOCC3)c2c1. The van der Waals surface area contributed by atoms with Crippen molar-refractivity contribution in [3.63, 3.8) is 0 Å². The predicted molar refractivity (Wildman–Crippen MR) is 112 cm³/mol. The number of fused-ring (bicyclic) bond motifs is 1. The van der Waals surface area contributed by atoms with Crippen LogP contribution in [0.25, 0.3) is 10.9 Å². The lowest BCUT2D eigenvalue weighted by Crippen LogP contribution is -2.44. The molecule has 2 heterocycles. The van der Waals surface area contributed by atoms with Gasteiger partial charge in [0.05, 0.1) is 11.1 Å². The third-order valence-electron chi connectivity index (χ3n) is 6.08. The van der Waals surface area contributed by atoms with Crippen LogP contribution in [0.3, 0.4) is 0 Å². The quantitative estimate of drug-likeness (QED) is 0.786. The van der Waals surface area contributed by atoms with Crippen molar-refractivity contribution in [2.45, 2.75) is 57.9 Å². The summed E-state index contributed by atoms with van der Waals surface area (Å²) < 4.78 is 5.44. The lowest BCUT2D eigenvalue weighted by Gasteiger charge is -2.30. The fourth-order valence-electron chi connectivity index (χ4n) is 4.39. The Bertz CT molecular complexity index is 946. The molecule has 1 aliphatic carbocycles. The Morgan fingerprint density at radius 2 is 1.90 bits per heavy atom. The molecule has 1 aromatic heterocycles. The van der Waals surface area contributed by atoms with Gasteiger partial charge >= 0.3 is 0 Å². The smallest absolute Gasteiger partial charge is 0.252 e.